The van der Waals surface area contributed by atoms with Crippen molar-refractivity contribution in [1.29, 1.82) is 0 Å². The minimum Gasteiger partial charge on any atom is -0.387 e. The highest BCUT2D eigenvalue weighted by molar-refractivity contribution is 5.99. The third kappa shape index (κ3) is 3.74. The Morgan fingerprint density at radius 3 is 2.44 bits per heavy atom. The predicted molar refractivity (Wildman–Crippen MR) is 76.2 cm³/mol. The van der Waals surface area contributed by atoms with E-state index in [1.54, 1.807) is 4.90 Å². The van der Waals surface area contributed by atoms with Crippen molar-refractivity contribution in [2.75, 3.05) is 46.6 Å². The van der Waals surface area contributed by atoms with Gasteiger partial charge in [0.2, 0.25) is 0 Å². The van der Waals surface area contributed by atoms with Gasteiger partial charge < -0.3 is 15.1 Å². The van der Waals surface area contributed by atoms with Crippen molar-refractivity contribution < 1.29 is 4.79 Å². The normalized spacial score (nSPS) is 10.6. The number of nitrogens with one attached hydrogen (secondary N) is 1. The van der Waals surface area contributed by atoms with E-state index in [0.29, 0.717) is 0 Å². The van der Waals surface area contributed by atoms with Crippen LogP contribution in [0.3, 0.4) is 0 Å². The van der Waals surface area contributed by atoms with Crippen LogP contribution in [0.2, 0.25) is 0 Å². The molecule has 0 atom stereocenters. The first-order valence-corrected chi connectivity index (χ1v) is 6.14. The van der Waals surface area contributed by atoms with Crippen LogP contribution >= 0.6 is 0 Å². The molecule has 1 aromatic carbocycles. The summed E-state index contributed by atoms with van der Waals surface area (Å²) < 4.78 is 0. The number of rotatable bonds is 5. The zero-order chi connectivity index (χ0) is 13.7. The van der Waals surface area contributed by atoms with Crippen molar-refractivity contribution in [3.05, 3.63) is 29.3 Å². The number of benzene rings is 1. The lowest BCUT2D eigenvalue weighted by molar-refractivity contribution is 0.0787. The first-order chi connectivity index (χ1) is 8.45. The van der Waals surface area contributed by atoms with Gasteiger partial charge in [-0.05, 0) is 38.7 Å². The molecule has 0 aliphatic heterocycles. The molecule has 1 aromatic rings. The molecule has 0 aliphatic carbocycles. The van der Waals surface area contributed by atoms with Crippen LogP contribution in [0, 0.1) is 6.92 Å². The van der Waals surface area contributed by atoms with Crippen LogP contribution in [0.5, 0.6) is 0 Å². The molecule has 0 bridgehead atoms. The summed E-state index contributed by atoms with van der Waals surface area (Å²) in [5, 5.41) is 3.08. The summed E-state index contributed by atoms with van der Waals surface area (Å²) in [7, 11) is 7.68. The minimum atomic E-state index is 0.0567. The third-order valence-corrected chi connectivity index (χ3v) is 2.90. The van der Waals surface area contributed by atoms with Crippen molar-refractivity contribution in [3.63, 3.8) is 0 Å². The Hall–Kier alpha value is -1.55. The summed E-state index contributed by atoms with van der Waals surface area (Å²) in [6.45, 7) is 3.61. The monoisotopic (exact) mass is 249 g/mol. The lowest BCUT2D eigenvalue weighted by Crippen LogP contribution is -2.33. The van der Waals surface area contributed by atoms with Crippen LogP contribution in [-0.4, -0.2) is 57.0 Å². The fourth-order valence-corrected chi connectivity index (χ4v) is 1.71. The second kappa shape index (κ2) is 6.40. The van der Waals surface area contributed by atoms with Crippen LogP contribution in [0.25, 0.3) is 0 Å². The Morgan fingerprint density at radius 2 is 1.89 bits per heavy atom. The number of aryl methyl sites for hydroxylation is 1. The molecule has 0 heterocycles. The number of hydrogen-bond donors (Lipinski definition) is 1. The number of anilines is 1. The predicted octanol–water partition coefficient (Wildman–Crippen LogP) is 1.67. The molecular formula is C14H23N3O. The number of hydrogen-bond acceptors (Lipinski definition) is 3. The Bertz CT molecular complexity index is 416. The van der Waals surface area contributed by atoms with E-state index in [9.17, 15) is 4.79 Å². The van der Waals surface area contributed by atoms with Crippen molar-refractivity contribution in [3.8, 4) is 0 Å². The number of amides is 1. The molecule has 0 saturated carbocycles. The maximum atomic E-state index is 12.3. The SMILES string of the molecule is CNc1cc(C)ccc1C(=O)N(C)CCN(C)C. The average molecular weight is 249 g/mol. The molecule has 0 aromatic heterocycles. The van der Waals surface area contributed by atoms with Gasteiger partial charge in [-0.3, -0.25) is 4.79 Å². The molecule has 0 unspecified atom stereocenters. The van der Waals surface area contributed by atoms with Crippen LogP contribution in [0.1, 0.15) is 15.9 Å². The Balaban J connectivity index is 2.83. The van der Waals surface area contributed by atoms with Gasteiger partial charge in [-0.15, -0.1) is 0 Å². The van der Waals surface area contributed by atoms with E-state index in [4.69, 9.17) is 0 Å². The van der Waals surface area contributed by atoms with E-state index >= 15 is 0 Å². The number of carbonyl (C=O) groups is 1. The highest BCUT2D eigenvalue weighted by Gasteiger charge is 2.15. The van der Waals surface area contributed by atoms with E-state index in [1.165, 1.54) is 0 Å². The van der Waals surface area contributed by atoms with Crippen LogP contribution < -0.4 is 5.32 Å². The maximum Gasteiger partial charge on any atom is 0.255 e. The highest BCUT2D eigenvalue weighted by atomic mass is 16.2. The minimum absolute atomic E-state index is 0.0567. The van der Waals surface area contributed by atoms with Crippen molar-refractivity contribution in [2.45, 2.75) is 6.92 Å². The zero-order valence-corrected chi connectivity index (χ0v) is 11.9. The van der Waals surface area contributed by atoms with Crippen molar-refractivity contribution in [2.24, 2.45) is 0 Å². The van der Waals surface area contributed by atoms with Crippen LogP contribution in [-0.2, 0) is 0 Å². The first-order valence-electron chi connectivity index (χ1n) is 6.14. The van der Waals surface area contributed by atoms with E-state index in [2.05, 4.69) is 10.2 Å². The zero-order valence-electron chi connectivity index (χ0n) is 11.9. The van der Waals surface area contributed by atoms with E-state index < -0.39 is 0 Å². The molecular weight excluding hydrogens is 226 g/mol. The molecule has 1 amide bonds. The standard InChI is InChI=1S/C14H23N3O/c1-11-6-7-12(13(10-11)15-2)14(18)17(5)9-8-16(3)4/h6-7,10,15H,8-9H2,1-5H3. The van der Waals surface area contributed by atoms with Gasteiger partial charge >= 0.3 is 0 Å². The molecule has 1 N–H and O–H groups in total. The Labute approximate surface area is 110 Å². The summed E-state index contributed by atoms with van der Waals surface area (Å²) >= 11 is 0. The second-order valence-electron chi connectivity index (χ2n) is 4.83. The average Bonchev–Trinajstić information content (AvgIpc) is 2.34. The molecule has 18 heavy (non-hydrogen) atoms. The van der Waals surface area contributed by atoms with E-state index in [-0.39, 0.29) is 5.91 Å². The lowest BCUT2D eigenvalue weighted by atomic mass is 10.1. The van der Waals surface area contributed by atoms with Gasteiger partial charge in [-0.1, -0.05) is 6.07 Å². The van der Waals surface area contributed by atoms with Gasteiger partial charge in [0.15, 0.2) is 0 Å². The summed E-state index contributed by atoms with van der Waals surface area (Å²) in [6.07, 6.45) is 0. The maximum absolute atomic E-state index is 12.3. The van der Waals surface area contributed by atoms with Gasteiger partial charge in [-0.2, -0.15) is 0 Å². The molecule has 0 fully saturated rings. The smallest absolute Gasteiger partial charge is 0.255 e. The van der Waals surface area contributed by atoms with Crippen LogP contribution in [0.4, 0.5) is 5.69 Å². The number of carbonyl (C=O) groups excluding carboxylic acids is 1. The molecule has 1 rings (SSSR count). The fourth-order valence-electron chi connectivity index (χ4n) is 1.71. The quantitative estimate of drug-likeness (QED) is 0.862. The summed E-state index contributed by atoms with van der Waals surface area (Å²) in [6, 6.07) is 5.84. The summed E-state index contributed by atoms with van der Waals surface area (Å²) in [5.41, 5.74) is 2.76. The van der Waals surface area contributed by atoms with E-state index in [1.807, 2.05) is 53.3 Å². The van der Waals surface area contributed by atoms with E-state index in [0.717, 1.165) is 29.9 Å². The van der Waals surface area contributed by atoms with Gasteiger partial charge in [0.25, 0.3) is 5.91 Å². The van der Waals surface area contributed by atoms with Gasteiger partial charge in [0.05, 0.1) is 5.56 Å². The first kappa shape index (κ1) is 14.5. The Morgan fingerprint density at radius 1 is 1.22 bits per heavy atom. The molecule has 0 radical (unpaired) electrons. The highest BCUT2D eigenvalue weighted by Crippen LogP contribution is 2.18. The summed E-state index contributed by atoms with van der Waals surface area (Å²) in [4.78, 5) is 16.1. The second-order valence-corrected chi connectivity index (χ2v) is 4.83. The molecule has 100 valence electrons. The van der Waals surface area contributed by atoms with Gasteiger partial charge in [0, 0.05) is 32.9 Å². The molecule has 0 saturated heterocycles. The van der Waals surface area contributed by atoms with Crippen LogP contribution in [0.15, 0.2) is 18.2 Å². The van der Waals surface area contributed by atoms with Gasteiger partial charge in [-0.25, -0.2) is 0 Å². The largest absolute Gasteiger partial charge is 0.387 e. The number of likely N-dealkylation sites (N-methyl/N-ethyl adjacent to an activating group) is 2. The molecule has 0 aliphatic rings. The fraction of sp³-hybridized carbons (Fsp3) is 0.500. The summed E-state index contributed by atoms with van der Waals surface area (Å²) in [5.74, 6) is 0.0567. The lowest BCUT2D eigenvalue weighted by Gasteiger charge is -2.21. The third-order valence-electron chi connectivity index (χ3n) is 2.90. The van der Waals surface area contributed by atoms with Crippen molar-refractivity contribution >= 4 is 11.6 Å². The number of nitrogens with zero attached hydrogens (tertiary/aromatic N) is 2. The van der Waals surface area contributed by atoms with Crippen molar-refractivity contribution in [1.82, 2.24) is 9.80 Å². The Kier molecular flexibility index (Phi) is 5.16. The molecule has 0 spiro atoms. The van der Waals surface area contributed by atoms with Gasteiger partial charge in [0.1, 0.15) is 0 Å². The molecule has 4 nitrogen and oxygen atoms in total. The molecule has 4 heteroatoms. The topological polar surface area (TPSA) is 35.6 Å².